The highest BCUT2D eigenvalue weighted by atomic mass is 32.2. The van der Waals surface area contributed by atoms with E-state index in [1.54, 1.807) is 0 Å². The molecular weight excluding hydrogens is 364 g/mol. The van der Waals surface area contributed by atoms with Gasteiger partial charge in [-0.1, -0.05) is 30.3 Å². The van der Waals surface area contributed by atoms with Crippen molar-refractivity contribution in [3.8, 4) is 5.75 Å². The normalized spacial score (nSPS) is 11.3. The minimum atomic E-state index is -3.51. The Balaban J connectivity index is 1.51. The van der Waals surface area contributed by atoms with E-state index in [9.17, 15) is 13.2 Å². The van der Waals surface area contributed by atoms with E-state index < -0.39 is 10.0 Å². The number of hydrogen-bond donors (Lipinski definition) is 2. The number of carbonyl (C=O) groups excluding carboxylic acids is 1. The van der Waals surface area contributed by atoms with Crippen molar-refractivity contribution in [2.45, 2.75) is 4.90 Å². The van der Waals surface area contributed by atoms with Crippen molar-refractivity contribution in [2.24, 2.45) is 0 Å². The summed E-state index contributed by atoms with van der Waals surface area (Å²) in [4.78, 5) is 12.2. The third-order valence-corrected chi connectivity index (χ3v) is 5.50. The summed E-state index contributed by atoms with van der Waals surface area (Å²) in [6.45, 7) is 0.665. The predicted molar refractivity (Wildman–Crippen MR) is 104 cm³/mol. The van der Waals surface area contributed by atoms with Crippen molar-refractivity contribution >= 4 is 26.7 Å². The van der Waals surface area contributed by atoms with E-state index in [1.807, 2.05) is 42.5 Å². The Kier molecular flexibility index (Phi) is 5.73. The molecule has 140 valence electrons. The van der Waals surface area contributed by atoms with Gasteiger partial charge < -0.3 is 10.1 Å². The van der Waals surface area contributed by atoms with Crippen molar-refractivity contribution in [1.29, 1.82) is 0 Å². The van der Waals surface area contributed by atoms with Crippen LogP contribution in [0.3, 0.4) is 0 Å². The van der Waals surface area contributed by atoms with Gasteiger partial charge in [-0.3, -0.25) is 4.79 Å². The fourth-order valence-electron chi connectivity index (χ4n) is 2.60. The Morgan fingerprint density at radius 2 is 1.67 bits per heavy atom. The van der Waals surface area contributed by atoms with Gasteiger partial charge in [-0.15, -0.1) is 0 Å². The number of fused-ring (bicyclic) bond motifs is 1. The lowest BCUT2D eigenvalue weighted by molar-refractivity contribution is 0.0947. The summed E-state index contributed by atoms with van der Waals surface area (Å²) >= 11 is 0. The summed E-state index contributed by atoms with van der Waals surface area (Å²) in [5.41, 5.74) is 0.385. The summed E-state index contributed by atoms with van der Waals surface area (Å²) in [6, 6.07) is 19.6. The average Bonchev–Trinajstić information content (AvgIpc) is 2.71. The zero-order valence-corrected chi connectivity index (χ0v) is 15.6. The fraction of sp³-hybridized carbons (Fsp3) is 0.150. The van der Waals surface area contributed by atoms with Crippen LogP contribution in [0.5, 0.6) is 5.75 Å². The highest BCUT2D eigenvalue weighted by Gasteiger charge is 2.12. The van der Waals surface area contributed by atoms with Gasteiger partial charge in [0, 0.05) is 5.56 Å². The second-order valence-corrected chi connectivity index (χ2v) is 7.73. The van der Waals surface area contributed by atoms with Gasteiger partial charge in [-0.05, 0) is 54.2 Å². The number of ether oxygens (including phenoxy) is 1. The molecule has 0 bridgehead atoms. The molecule has 27 heavy (non-hydrogen) atoms. The fourth-order valence-corrected chi connectivity index (χ4v) is 3.33. The Hall–Kier alpha value is -2.90. The first-order chi connectivity index (χ1) is 13.0. The highest BCUT2D eigenvalue weighted by molar-refractivity contribution is 7.89. The van der Waals surface area contributed by atoms with E-state index in [-0.39, 0.29) is 10.8 Å². The predicted octanol–water partition coefficient (Wildman–Crippen LogP) is 2.56. The maximum atomic E-state index is 12.1. The lowest BCUT2D eigenvalue weighted by Gasteiger charge is -2.09. The van der Waals surface area contributed by atoms with Gasteiger partial charge in [0.25, 0.3) is 5.91 Å². The SMILES string of the molecule is CNS(=O)(=O)c1ccc(C(=O)NCCOc2ccc3ccccc3c2)cc1. The van der Waals surface area contributed by atoms with Gasteiger partial charge in [0.05, 0.1) is 11.4 Å². The summed E-state index contributed by atoms with van der Waals surface area (Å²) in [5, 5.41) is 4.98. The first-order valence-electron chi connectivity index (χ1n) is 8.43. The molecule has 0 unspecified atom stereocenters. The minimum Gasteiger partial charge on any atom is -0.492 e. The third kappa shape index (κ3) is 4.64. The van der Waals surface area contributed by atoms with Crippen molar-refractivity contribution in [3.63, 3.8) is 0 Å². The number of nitrogens with one attached hydrogen (secondary N) is 2. The second-order valence-electron chi connectivity index (χ2n) is 5.85. The Morgan fingerprint density at radius 1 is 0.963 bits per heavy atom. The van der Waals surface area contributed by atoms with Gasteiger partial charge in [0.15, 0.2) is 0 Å². The Labute approximate surface area is 158 Å². The Morgan fingerprint density at radius 3 is 2.37 bits per heavy atom. The second kappa shape index (κ2) is 8.20. The zero-order valence-electron chi connectivity index (χ0n) is 14.8. The smallest absolute Gasteiger partial charge is 0.251 e. The molecule has 0 atom stereocenters. The van der Waals surface area contributed by atoms with Crippen LogP contribution in [0, 0.1) is 0 Å². The molecule has 0 saturated carbocycles. The number of hydrogen-bond acceptors (Lipinski definition) is 4. The molecule has 3 aromatic carbocycles. The van der Waals surface area contributed by atoms with Crippen LogP contribution in [0.2, 0.25) is 0 Å². The standard InChI is InChI=1S/C20H20N2O4S/c1-21-27(24,25)19-10-7-16(8-11-19)20(23)22-12-13-26-18-9-6-15-4-2-3-5-17(15)14-18/h2-11,14,21H,12-13H2,1H3,(H,22,23). The monoisotopic (exact) mass is 384 g/mol. The molecule has 0 spiro atoms. The molecule has 0 aliphatic carbocycles. The van der Waals surface area contributed by atoms with Crippen LogP contribution in [0.15, 0.2) is 71.6 Å². The van der Waals surface area contributed by atoms with Gasteiger partial charge >= 0.3 is 0 Å². The molecule has 6 nitrogen and oxygen atoms in total. The van der Waals surface area contributed by atoms with E-state index in [2.05, 4.69) is 10.0 Å². The van der Waals surface area contributed by atoms with Crippen molar-refractivity contribution in [2.75, 3.05) is 20.2 Å². The van der Waals surface area contributed by atoms with Crippen LogP contribution < -0.4 is 14.8 Å². The number of sulfonamides is 1. The van der Waals surface area contributed by atoms with E-state index in [4.69, 9.17) is 4.74 Å². The molecule has 0 aliphatic rings. The summed E-state index contributed by atoms with van der Waals surface area (Å²) in [7, 11) is -2.17. The van der Waals surface area contributed by atoms with Crippen LogP contribution in [-0.2, 0) is 10.0 Å². The van der Waals surface area contributed by atoms with E-state index in [0.717, 1.165) is 16.5 Å². The maximum Gasteiger partial charge on any atom is 0.251 e. The molecule has 7 heteroatoms. The first kappa shape index (κ1) is 18.9. The molecule has 0 saturated heterocycles. The van der Waals surface area contributed by atoms with Crippen molar-refractivity contribution in [1.82, 2.24) is 10.0 Å². The average molecular weight is 384 g/mol. The number of carbonyl (C=O) groups is 1. The van der Waals surface area contributed by atoms with Gasteiger partial charge in [-0.25, -0.2) is 13.1 Å². The molecule has 0 radical (unpaired) electrons. The molecule has 3 rings (SSSR count). The first-order valence-corrected chi connectivity index (χ1v) is 9.91. The molecule has 2 N–H and O–H groups in total. The minimum absolute atomic E-state index is 0.112. The van der Waals surface area contributed by atoms with Crippen LogP contribution in [0.25, 0.3) is 10.8 Å². The molecule has 0 fully saturated rings. The van der Waals surface area contributed by atoms with Crippen molar-refractivity contribution < 1.29 is 17.9 Å². The van der Waals surface area contributed by atoms with Crippen molar-refractivity contribution in [3.05, 3.63) is 72.3 Å². The third-order valence-electron chi connectivity index (χ3n) is 4.07. The van der Waals surface area contributed by atoms with Gasteiger partial charge in [0.2, 0.25) is 10.0 Å². The summed E-state index contributed by atoms with van der Waals surface area (Å²) < 4.78 is 31.3. The molecule has 0 aromatic heterocycles. The van der Waals surface area contributed by atoms with Gasteiger partial charge in [-0.2, -0.15) is 0 Å². The lowest BCUT2D eigenvalue weighted by atomic mass is 10.1. The number of rotatable bonds is 7. The van der Waals surface area contributed by atoms with E-state index in [0.29, 0.717) is 18.7 Å². The summed E-state index contributed by atoms with van der Waals surface area (Å²) in [6.07, 6.45) is 0. The molecule has 0 heterocycles. The lowest BCUT2D eigenvalue weighted by Crippen LogP contribution is -2.28. The quantitative estimate of drug-likeness (QED) is 0.613. The summed E-state index contributed by atoms with van der Waals surface area (Å²) in [5.74, 6) is 0.454. The Bertz CT molecular complexity index is 1050. The van der Waals surface area contributed by atoms with Crippen LogP contribution in [0.1, 0.15) is 10.4 Å². The number of benzene rings is 3. The molecule has 1 amide bonds. The van der Waals surface area contributed by atoms with Crippen LogP contribution in [-0.4, -0.2) is 34.5 Å². The maximum absolute atomic E-state index is 12.1. The van der Waals surface area contributed by atoms with Crippen LogP contribution in [0.4, 0.5) is 0 Å². The van der Waals surface area contributed by atoms with Crippen LogP contribution >= 0.6 is 0 Å². The highest BCUT2D eigenvalue weighted by Crippen LogP contribution is 2.20. The van der Waals surface area contributed by atoms with E-state index >= 15 is 0 Å². The molecular formula is C20H20N2O4S. The topological polar surface area (TPSA) is 84.5 Å². The zero-order chi connectivity index (χ0) is 19.3. The molecule has 0 aliphatic heterocycles. The van der Waals surface area contributed by atoms with Gasteiger partial charge in [0.1, 0.15) is 12.4 Å². The number of amides is 1. The largest absolute Gasteiger partial charge is 0.492 e. The van der Waals surface area contributed by atoms with E-state index in [1.165, 1.54) is 31.3 Å². The molecule has 3 aromatic rings.